The Hall–Kier alpha value is -1.10. The minimum absolute atomic E-state index is 0.0290. The molecule has 94 valence electrons. The van der Waals surface area contributed by atoms with Gasteiger partial charge in [0.1, 0.15) is 0 Å². The van der Waals surface area contributed by atoms with Gasteiger partial charge >= 0.3 is 5.97 Å². The summed E-state index contributed by atoms with van der Waals surface area (Å²) in [5.41, 5.74) is 0. The predicted octanol–water partition coefficient (Wildman–Crippen LogP) is 0.825. The lowest BCUT2D eigenvalue weighted by Gasteiger charge is -2.16. The second kappa shape index (κ2) is 9.15. The number of rotatable bonds is 8. The first-order valence-electron chi connectivity index (χ1n) is 5.50. The summed E-state index contributed by atoms with van der Waals surface area (Å²) in [7, 11) is 3.29. The summed E-state index contributed by atoms with van der Waals surface area (Å²) in [5.74, 6) is -0.236. The van der Waals surface area contributed by atoms with Crippen LogP contribution in [0, 0.1) is 0 Å². The fraction of sp³-hybridized carbons (Fsp3) is 0.818. The van der Waals surface area contributed by atoms with Crippen molar-refractivity contribution in [3.05, 3.63) is 0 Å². The number of ether oxygens (including phenoxy) is 2. The highest BCUT2D eigenvalue weighted by molar-refractivity contribution is 5.77. The van der Waals surface area contributed by atoms with Crippen molar-refractivity contribution in [2.24, 2.45) is 0 Å². The Balaban J connectivity index is 3.66. The van der Waals surface area contributed by atoms with Crippen LogP contribution in [-0.2, 0) is 19.1 Å². The number of carbonyl (C=O) groups excluding carboxylic acids is 2. The van der Waals surface area contributed by atoms with Gasteiger partial charge in [-0.2, -0.15) is 0 Å². The van der Waals surface area contributed by atoms with E-state index in [0.717, 1.165) is 0 Å². The van der Waals surface area contributed by atoms with Gasteiger partial charge < -0.3 is 14.4 Å². The van der Waals surface area contributed by atoms with Crippen LogP contribution < -0.4 is 0 Å². The van der Waals surface area contributed by atoms with E-state index in [0.29, 0.717) is 32.6 Å². The van der Waals surface area contributed by atoms with Crippen molar-refractivity contribution < 1.29 is 19.1 Å². The van der Waals surface area contributed by atoms with Crippen LogP contribution in [-0.4, -0.2) is 50.7 Å². The van der Waals surface area contributed by atoms with Crippen molar-refractivity contribution in [2.45, 2.75) is 26.2 Å². The normalized spacial score (nSPS) is 9.94. The Morgan fingerprint density at radius 2 is 1.94 bits per heavy atom. The quantitative estimate of drug-likeness (QED) is 0.458. The van der Waals surface area contributed by atoms with Crippen LogP contribution in [0.4, 0.5) is 0 Å². The van der Waals surface area contributed by atoms with Crippen molar-refractivity contribution in [1.29, 1.82) is 0 Å². The first kappa shape index (κ1) is 14.9. The molecule has 0 rings (SSSR count). The Bertz CT molecular complexity index is 218. The molecule has 0 aliphatic rings. The van der Waals surface area contributed by atoms with E-state index >= 15 is 0 Å². The van der Waals surface area contributed by atoms with E-state index < -0.39 is 0 Å². The Kier molecular flexibility index (Phi) is 8.52. The summed E-state index contributed by atoms with van der Waals surface area (Å²) in [5, 5.41) is 0. The van der Waals surface area contributed by atoms with Crippen LogP contribution in [0.5, 0.6) is 0 Å². The number of esters is 1. The zero-order valence-corrected chi connectivity index (χ0v) is 10.3. The molecule has 1 amide bonds. The summed E-state index contributed by atoms with van der Waals surface area (Å²) in [4.78, 5) is 24.1. The first-order chi connectivity index (χ1) is 7.61. The Labute approximate surface area is 96.7 Å². The third-order valence-corrected chi connectivity index (χ3v) is 2.12. The van der Waals surface area contributed by atoms with E-state index in [4.69, 9.17) is 9.47 Å². The molecule has 0 bridgehead atoms. The Morgan fingerprint density at radius 3 is 2.50 bits per heavy atom. The van der Waals surface area contributed by atoms with E-state index in [1.165, 1.54) is 0 Å². The first-order valence-corrected chi connectivity index (χ1v) is 5.50. The van der Waals surface area contributed by atoms with Gasteiger partial charge in [-0.15, -0.1) is 0 Å². The molecule has 0 fully saturated rings. The largest absolute Gasteiger partial charge is 0.466 e. The van der Waals surface area contributed by atoms with Crippen LogP contribution in [0.15, 0.2) is 0 Å². The average molecular weight is 231 g/mol. The molecular formula is C11H21NO4. The molecule has 5 heteroatoms. The predicted molar refractivity (Wildman–Crippen MR) is 60.0 cm³/mol. The van der Waals surface area contributed by atoms with E-state index in [9.17, 15) is 9.59 Å². The van der Waals surface area contributed by atoms with Gasteiger partial charge in [0.05, 0.1) is 13.0 Å². The number of carbonyl (C=O) groups is 2. The summed E-state index contributed by atoms with van der Waals surface area (Å²) in [6.07, 6.45) is 1.41. The number of methoxy groups -OCH3 is 1. The topological polar surface area (TPSA) is 55.8 Å². The fourth-order valence-corrected chi connectivity index (χ4v) is 1.18. The van der Waals surface area contributed by atoms with Crippen molar-refractivity contribution in [1.82, 2.24) is 4.90 Å². The molecule has 0 aliphatic heterocycles. The third-order valence-electron chi connectivity index (χ3n) is 2.12. The summed E-state index contributed by atoms with van der Waals surface area (Å²) >= 11 is 0. The average Bonchev–Trinajstić information content (AvgIpc) is 2.26. The van der Waals surface area contributed by atoms with Gasteiger partial charge in [-0.3, -0.25) is 9.59 Å². The Morgan fingerprint density at radius 1 is 1.25 bits per heavy atom. The maximum Gasteiger partial charge on any atom is 0.307 e. The van der Waals surface area contributed by atoms with Gasteiger partial charge in [-0.25, -0.2) is 0 Å². The number of amides is 1. The monoisotopic (exact) mass is 231 g/mol. The van der Waals surface area contributed by atoms with Crippen LogP contribution in [0.25, 0.3) is 0 Å². The molecule has 0 aromatic carbocycles. The zero-order chi connectivity index (χ0) is 12.4. The molecular weight excluding hydrogens is 210 g/mol. The molecule has 0 aliphatic carbocycles. The van der Waals surface area contributed by atoms with Gasteiger partial charge in [0.2, 0.25) is 5.91 Å². The van der Waals surface area contributed by atoms with E-state index in [1.54, 1.807) is 26.0 Å². The van der Waals surface area contributed by atoms with Crippen molar-refractivity contribution in [2.75, 3.05) is 33.9 Å². The van der Waals surface area contributed by atoms with Crippen molar-refractivity contribution >= 4 is 11.9 Å². The molecule has 0 aromatic rings. The van der Waals surface area contributed by atoms with Gasteiger partial charge in [0.15, 0.2) is 0 Å². The van der Waals surface area contributed by atoms with Crippen LogP contribution in [0.1, 0.15) is 26.2 Å². The zero-order valence-electron chi connectivity index (χ0n) is 10.3. The molecule has 0 saturated heterocycles. The molecule has 0 aromatic heterocycles. The van der Waals surface area contributed by atoms with E-state index in [2.05, 4.69) is 0 Å². The molecule has 5 nitrogen and oxygen atoms in total. The maximum atomic E-state index is 11.5. The maximum absolute atomic E-state index is 11.5. The lowest BCUT2D eigenvalue weighted by molar-refractivity contribution is -0.143. The minimum atomic E-state index is -0.265. The SMILES string of the molecule is CCOC(=O)CCN(C)C(=O)CCCOC. The van der Waals surface area contributed by atoms with E-state index in [-0.39, 0.29) is 18.3 Å². The van der Waals surface area contributed by atoms with Gasteiger partial charge in [-0.05, 0) is 13.3 Å². The molecule has 0 spiro atoms. The second-order valence-corrected chi connectivity index (χ2v) is 3.47. The minimum Gasteiger partial charge on any atom is -0.466 e. The van der Waals surface area contributed by atoms with Crippen LogP contribution >= 0.6 is 0 Å². The molecule has 0 unspecified atom stereocenters. The third kappa shape index (κ3) is 7.23. The highest BCUT2D eigenvalue weighted by atomic mass is 16.5. The number of nitrogens with zero attached hydrogens (tertiary/aromatic N) is 1. The molecule has 16 heavy (non-hydrogen) atoms. The number of hydrogen-bond acceptors (Lipinski definition) is 4. The summed E-state index contributed by atoms with van der Waals surface area (Å²) < 4.78 is 9.63. The van der Waals surface area contributed by atoms with Gasteiger partial charge in [0.25, 0.3) is 0 Å². The van der Waals surface area contributed by atoms with E-state index in [1.807, 2.05) is 0 Å². The van der Waals surface area contributed by atoms with Gasteiger partial charge in [-0.1, -0.05) is 0 Å². The standard InChI is InChI=1S/C11H21NO4/c1-4-16-11(14)7-8-12(2)10(13)6-5-9-15-3/h4-9H2,1-3H3. The highest BCUT2D eigenvalue weighted by Crippen LogP contribution is 1.98. The fourth-order valence-electron chi connectivity index (χ4n) is 1.18. The van der Waals surface area contributed by atoms with Crippen molar-refractivity contribution in [3.8, 4) is 0 Å². The van der Waals surface area contributed by atoms with Crippen molar-refractivity contribution in [3.63, 3.8) is 0 Å². The smallest absolute Gasteiger partial charge is 0.307 e. The van der Waals surface area contributed by atoms with Crippen LogP contribution in [0.2, 0.25) is 0 Å². The molecule has 0 saturated carbocycles. The summed E-state index contributed by atoms with van der Waals surface area (Å²) in [6, 6.07) is 0. The lowest BCUT2D eigenvalue weighted by atomic mass is 10.3. The molecule has 0 heterocycles. The van der Waals surface area contributed by atoms with Crippen LogP contribution in [0.3, 0.4) is 0 Å². The number of hydrogen-bond donors (Lipinski definition) is 0. The lowest BCUT2D eigenvalue weighted by Crippen LogP contribution is -2.29. The molecule has 0 atom stereocenters. The summed E-state index contributed by atoms with van der Waals surface area (Å²) in [6.45, 7) is 3.13. The van der Waals surface area contributed by atoms with Gasteiger partial charge in [0, 0.05) is 33.7 Å². The highest BCUT2D eigenvalue weighted by Gasteiger charge is 2.10. The second-order valence-electron chi connectivity index (χ2n) is 3.47. The molecule has 0 N–H and O–H groups in total. The molecule has 0 radical (unpaired) electrons.